The average Bonchev–Trinajstić information content (AvgIpc) is 2.66. The van der Waals surface area contributed by atoms with Crippen LogP contribution in [0.4, 0.5) is 0 Å². The average molecular weight is 326 g/mol. The van der Waals surface area contributed by atoms with Gasteiger partial charge in [-0.3, -0.25) is 14.4 Å². The number of hydrogen-bond donors (Lipinski definition) is 1. The van der Waals surface area contributed by atoms with Crippen molar-refractivity contribution in [2.75, 3.05) is 19.6 Å². The molecule has 0 aliphatic carbocycles. The van der Waals surface area contributed by atoms with Crippen LogP contribution in [-0.2, 0) is 14.4 Å². The van der Waals surface area contributed by atoms with Crippen LogP contribution in [0, 0.1) is 5.41 Å². The second-order valence-corrected chi connectivity index (χ2v) is 7.57. The first-order valence-electron chi connectivity index (χ1n) is 8.37. The Morgan fingerprint density at radius 1 is 1.17 bits per heavy atom. The molecule has 1 aliphatic heterocycles. The van der Waals surface area contributed by atoms with E-state index in [0.29, 0.717) is 25.9 Å². The quantitative estimate of drug-likeness (QED) is 0.839. The van der Waals surface area contributed by atoms with Crippen molar-refractivity contribution in [1.82, 2.24) is 9.80 Å². The number of aliphatic carboxylic acids is 1. The summed E-state index contributed by atoms with van der Waals surface area (Å²) in [7, 11) is 0. The lowest BCUT2D eigenvalue weighted by atomic mass is 9.90. The Morgan fingerprint density at radius 3 is 2.35 bits per heavy atom. The van der Waals surface area contributed by atoms with Crippen molar-refractivity contribution in [1.29, 1.82) is 0 Å². The maximum atomic E-state index is 12.3. The maximum absolute atomic E-state index is 12.3. The molecule has 0 saturated carbocycles. The molecule has 0 bridgehead atoms. The highest BCUT2D eigenvalue weighted by molar-refractivity contribution is 5.80. The molecule has 0 aromatic heterocycles. The van der Waals surface area contributed by atoms with Gasteiger partial charge in [-0.2, -0.15) is 0 Å². The van der Waals surface area contributed by atoms with Crippen molar-refractivity contribution in [3.8, 4) is 0 Å². The van der Waals surface area contributed by atoms with Gasteiger partial charge in [-0.1, -0.05) is 20.8 Å². The molecule has 0 aromatic rings. The molecule has 0 aromatic carbocycles. The third-order valence-electron chi connectivity index (χ3n) is 4.29. The Kier molecular flexibility index (Phi) is 7.03. The monoisotopic (exact) mass is 326 g/mol. The number of amides is 2. The first-order valence-corrected chi connectivity index (χ1v) is 8.37. The summed E-state index contributed by atoms with van der Waals surface area (Å²) in [6, 6.07) is -0.0935. The van der Waals surface area contributed by atoms with E-state index in [1.54, 1.807) is 0 Å². The summed E-state index contributed by atoms with van der Waals surface area (Å²) in [4.78, 5) is 38.3. The topological polar surface area (TPSA) is 77.9 Å². The predicted octanol–water partition coefficient (Wildman–Crippen LogP) is 2.13. The number of hydrogen-bond acceptors (Lipinski definition) is 3. The molecule has 0 radical (unpaired) electrons. The van der Waals surface area contributed by atoms with Crippen LogP contribution in [0.2, 0.25) is 0 Å². The lowest BCUT2D eigenvalue weighted by Gasteiger charge is -2.29. The van der Waals surface area contributed by atoms with Crippen molar-refractivity contribution >= 4 is 17.8 Å². The summed E-state index contributed by atoms with van der Waals surface area (Å²) in [5.74, 6) is -1.05. The summed E-state index contributed by atoms with van der Waals surface area (Å²) < 4.78 is 0. The fraction of sp³-hybridized carbons (Fsp3) is 0.824. The zero-order chi connectivity index (χ0) is 17.6. The summed E-state index contributed by atoms with van der Waals surface area (Å²) in [6.45, 7) is 8.79. The maximum Gasteiger partial charge on any atom is 0.323 e. The normalized spacial score (nSPS) is 19.1. The number of nitrogens with zero attached hydrogens (tertiary/aromatic N) is 2. The van der Waals surface area contributed by atoms with E-state index >= 15 is 0 Å². The predicted molar refractivity (Wildman–Crippen MR) is 87.9 cm³/mol. The number of carbonyl (C=O) groups excluding carboxylic acids is 2. The Hall–Kier alpha value is -1.59. The van der Waals surface area contributed by atoms with E-state index in [1.165, 1.54) is 11.8 Å². The van der Waals surface area contributed by atoms with Crippen molar-refractivity contribution in [3.05, 3.63) is 0 Å². The van der Waals surface area contributed by atoms with Crippen molar-refractivity contribution < 1.29 is 19.5 Å². The molecule has 1 fully saturated rings. The molecule has 1 saturated heterocycles. The van der Waals surface area contributed by atoms with Gasteiger partial charge in [0.2, 0.25) is 11.8 Å². The van der Waals surface area contributed by atoms with Gasteiger partial charge in [-0.25, -0.2) is 0 Å². The van der Waals surface area contributed by atoms with Gasteiger partial charge in [-0.05, 0) is 31.1 Å². The van der Waals surface area contributed by atoms with Crippen LogP contribution in [-0.4, -0.2) is 58.4 Å². The lowest BCUT2D eigenvalue weighted by molar-refractivity contribution is -0.145. The Labute approximate surface area is 138 Å². The summed E-state index contributed by atoms with van der Waals surface area (Å²) in [5, 5.41) is 8.96. The van der Waals surface area contributed by atoms with Gasteiger partial charge in [0.05, 0.1) is 0 Å². The van der Waals surface area contributed by atoms with E-state index < -0.39 is 5.97 Å². The Balaban J connectivity index is 2.59. The number of likely N-dealkylation sites (tertiary alicyclic amines) is 1. The standard InChI is InChI=1S/C17H30N2O4/c1-13(20)19(12-16(22)23)14-6-5-10-18(11-8-14)15(21)7-9-17(2,3)4/h14H,5-12H2,1-4H3,(H,22,23). The Bertz CT molecular complexity index is 442. The van der Waals surface area contributed by atoms with Crippen LogP contribution in [0.3, 0.4) is 0 Å². The van der Waals surface area contributed by atoms with E-state index in [4.69, 9.17) is 5.11 Å². The van der Waals surface area contributed by atoms with Gasteiger partial charge in [0.1, 0.15) is 6.54 Å². The van der Waals surface area contributed by atoms with Gasteiger partial charge in [-0.15, -0.1) is 0 Å². The molecule has 1 rings (SSSR count). The third-order valence-corrected chi connectivity index (χ3v) is 4.29. The highest BCUT2D eigenvalue weighted by Crippen LogP contribution is 2.23. The van der Waals surface area contributed by atoms with Crippen molar-refractivity contribution in [2.45, 2.75) is 65.8 Å². The third kappa shape index (κ3) is 7.01. The van der Waals surface area contributed by atoms with Gasteiger partial charge in [0.15, 0.2) is 0 Å². The van der Waals surface area contributed by atoms with Crippen LogP contribution in [0.25, 0.3) is 0 Å². The molecule has 1 heterocycles. The summed E-state index contributed by atoms with van der Waals surface area (Å²) in [6.07, 6.45) is 3.59. The molecule has 132 valence electrons. The largest absolute Gasteiger partial charge is 0.480 e. The number of carboxylic acid groups (broad SMARTS) is 1. The van der Waals surface area contributed by atoms with Gasteiger partial charge >= 0.3 is 5.97 Å². The molecular weight excluding hydrogens is 296 g/mol. The second-order valence-electron chi connectivity index (χ2n) is 7.57. The fourth-order valence-electron chi connectivity index (χ4n) is 2.92. The van der Waals surface area contributed by atoms with Crippen LogP contribution in [0.5, 0.6) is 0 Å². The summed E-state index contributed by atoms with van der Waals surface area (Å²) in [5.41, 5.74) is 0.136. The van der Waals surface area contributed by atoms with Gasteiger partial charge in [0, 0.05) is 32.5 Å². The Morgan fingerprint density at radius 2 is 1.83 bits per heavy atom. The minimum atomic E-state index is -0.998. The zero-order valence-corrected chi connectivity index (χ0v) is 14.8. The van der Waals surface area contributed by atoms with E-state index in [-0.39, 0.29) is 29.8 Å². The molecular formula is C17H30N2O4. The first-order chi connectivity index (χ1) is 10.6. The lowest BCUT2D eigenvalue weighted by Crippen LogP contribution is -2.43. The molecule has 1 unspecified atom stereocenters. The molecule has 0 spiro atoms. The molecule has 1 N–H and O–H groups in total. The minimum absolute atomic E-state index is 0.0935. The van der Waals surface area contributed by atoms with Crippen molar-refractivity contribution in [3.63, 3.8) is 0 Å². The highest BCUT2D eigenvalue weighted by Gasteiger charge is 2.27. The van der Waals surface area contributed by atoms with E-state index in [2.05, 4.69) is 20.8 Å². The molecule has 1 aliphatic rings. The molecule has 6 heteroatoms. The highest BCUT2D eigenvalue weighted by atomic mass is 16.4. The fourth-order valence-corrected chi connectivity index (χ4v) is 2.92. The van der Waals surface area contributed by atoms with Crippen LogP contribution < -0.4 is 0 Å². The number of carbonyl (C=O) groups is 3. The molecule has 1 atom stereocenters. The van der Waals surface area contributed by atoms with E-state index in [1.807, 2.05) is 4.90 Å². The van der Waals surface area contributed by atoms with Crippen molar-refractivity contribution in [2.24, 2.45) is 5.41 Å². The summed E-state index contributed by atoms with van der Waals surface area (Å²) >= 11 is 0. The molecule has 6 nitrogen and oxygen atoms in total. The molecule has 23 heavy (non-hydrogen) atoms. The van der Waals surface area contributed by atoms with Crippen LogP contribution in [0.15, 0.2) is 0 Å². The second kappa shape index (κ2) is 8.31. The smallest absolute Gasteiger partial charge is 0.323 e. The first kappa shape index (κ1) is 19.5. The van der Waals surface area contributed by atoms with Crippen LogP contribution >= 0.6 is 0 Å². The van der Waals surface area contributed by atoms with Gasteiger partial charge in [0.25, 0.3) is 0 Å². The number of rotatable bonds is 5. The van der Waals surface area contributed by atoms with E-state index in [0.717, 1.165) is 19.3 Å². The van der Waals surface area contributed by atoms with Gasteiger partial charge < -0.3 is 14.9 Å². The van der Waals surface area contributed by atoms with Crippen LogP contribution in [0.1, 0.15) is 59.8 Å². The number of carboxylic acids is 1. The molecule has 2 amide bonds. The SMILES string of the molecule is CC(=O)N(CC(=O)O)C1CCCN(C(=O)CCC(C)(C)C)CC1. The zero-order valence-electron chi connectivity index (χ0n) is 14.8. The van der Waals surface area contributed by atoms with E-state index in [9.17, 15) is 14.4 Å². The minimum Gasteiger partial charge on any atom is -0.480 e.